The molecule has 1 aromatic heterocycles. The van der Waals surface area contributed by atoms with Gasteiger partial charge < -0.3 is 23.7 Å². The molecule has 3 heterocycles. The third-order valence-corrected chi connectivity index (χ3v) is 6.80. The third-order valence-electron chi connectivity index (χ3n) is 6.80. The number of benzene rings is 1. The van der Waals surface area contributed by atoms with Crippen molar-refractivity contribution in [3.8, 4) is 5.75 Å². The number of carbonyl (C=O) groups is 2. The highest BCUT2D eigenvalue weighted by atomic mass is 19.4. The van der Waals surface area contributed by atoms with Crippen molar-refractivity contribution in [1.82, 2.24) is 19.4 Å². The highest BCUT2D eigenvalue weighted by Crippen LogP contribution is 2.40. The van der Waals surface area contributed by atoms with Gasteiger partial charge in [0, 0.05) is 50.4 Å². The van der Waals surface area contributed by atoms with E-state index in [9.17, 15) is 22.8 Å². The summed E-state index contributed by atoms with van der Waals surface area (Å²) in [6.45, 7) is 11.1. The normalized spacial score (nSPS) is 17.7. The second-order valence-electron chi connectivity index (χ2n) is 10.8. The van der Waals surface area contributed by atoms with Crippen LogP contribution >= 0.6 is 0 Å². The standard InChI is InChI=1S/C28H35F3N4O5/c1-18(2)40-25(37)21-16-35(17-27(3,4)23-22(21)32-26(33(23)5)28(29,30)31)24(36)19-6-8-20(9-7-19)39-15-12-34-10-13-38-14-11-34/h6-9,16,18H,10-15,17H2,1-5H3. The monoisotopic (exact) mass is 564 g/mol. The third kappa shape index (κ3) is 6.49. The van der Waals surface area contributed by atoms with E-state index in [2.05, 4.69) is 9.88 Å². The number of imidazole rings is 1. The maximum atomic E-state index is 13.8. The largest absolute Gasteiger partial charge is 0.492 e. The Bertz CT molecular complexity index is 1260. The first-order valence-electron chi connectivity index (χ1n) is 13.2. The van der Waals surface area contributed by atoms with Gasteiger partial charge in [0.15, 0.2) is 0 Å². The second-order valence-corrected chi connectivity index (χ2v) is 10.8. The van der Waals surface area contributed by atoms with Crippen LogP contribution in [0.5, 0.6) is 5.75 Å². The van der Waals surface area contributed by atoms with Gasteiger partial charge in [-0.15, -0.1) is 0 Å². The van der Waals surface area contributed by atoms with Crippen molar-refractivity contribution in [2.45, 2.75) is 45.4 Å². The number of fused-ring (bicyclic) bond motifs is 1. The fourth-order valence-corrected chi connectivity index (χ4v) is 5.01. The molecule has 0 radical (unpaired) electrons. The summed E-state index contributed by atoms with van der Waals surface area (Å²) in [5, 5.41) is 0. The van der Waals surface area contributed by atoms with E-state index in [1.807, 2.05) is 0 Å². The highest BCUT2D eigenvalue weighted by molar-refractivity contribution is 6.17. The number of morpholine rings is 1. The van der Waals surface area contributed by atoms with E-state index < -0.39 is 35.4 Å². The summed E-state index contributed by atoms with van der Waals surface area (Å²) >= 11 is 0. The van der Waals surface area contributed by atoms with Crippen LogP contribution in [0.3, 0.4) is 0 Å². The molecule has 9 nitrogen and oxygen atoms in total. The Morgan fingerprint density at radius 1 is 1.12 bits per heavy atom. The predicted molar refractivity (Wildman–Crippen MR) is 141 cm³/mol. The first-order chi connectivity index (χ1) is 18.8. The lowest BCUT2D eigenvalue weighted by atomic mass is 9.86. The Morgan fingerprint density at radius 2 is 1.77 bits per heavy atom. The molecule has 0 unspecified atom stereocenters. The first kappa shape index (κ1) is 29.6. The molecule has 0 saturated carbocycles. The molecule has 218 valence electrons. The van der Waals surface area contributed by atoms with Crippen LogP contribution in [0.2, 0.25) is 0 Å². The SMILES string of the molecule is CC(C)OC(=O)C1=CN(C(=O)c2ccc(OCCN3CCOCC3)cc2)CC(C)(C)c2c1nc(C(F)(F)F)n2C. The molecule has 1 amide bonds. The van der Waals surface area contributed by atoms with Crippen molar-refractivity contribution in [2.75, 3.05) is 46.0 Å². The summed E-state index contributed by atoms with van der Waals surface area (Å²) < 4.78 is 58.7. The van der Waals surface area contributed by atoms with Crippen LogP contribution in [0.4, 0.5) is 13.2 Å². The lowest BCUT2D eigenvalue weighted by Crippen LogP contribution is -2.38. The van der Waals surface area contributed by atoms with E-state index in [0.717, 1.165) is 24.2 Å². The van der Waals surface area contributed by atoms with Gasteiger partial charge in [-0.2, -0.15) is 13.2 Å². The van der Waals surface area contributed by atoms with Crippen LogP contribution in [-0.4, -0.2) is 83.3 Å². The molecule has 0 aliphatic carbocycles. The van der Waals surface area contributed by atoms with Crippen LogP contribution in [-0.2, 0) is 32.9 Å². The zero-order valence-corrected chi connectivity index (χ0v) is 23.4. The number of esters is 1. The number of aromatic nitrogens is 2. The Labute approximate surface area is 231 Å². The molecule has 2 aliphatic heterocycles. The zero-order valence-electron chi connectivity index (χ0n) is 23.4. The van der Waals surface area contributed by atoms with E-state index in [1.165, 1.54) is 18.1 Å². The maximum Gasteiger partial charge on any atom is 0.449 e. The molecule has 1 saturated heterocycles. The summed E-state index contributed by atoms with van der Waals surface area (Å²) in [6, 6.07) is 6.63. The van der Waals surface area contributed by atoms with Gasteiger partial charge in [0.1, 0.15) is 23.6 Å². The van der Waals surface area contributed by atoms with Crippen molar-refractivity contribution < 1.29 is 37.0 Å². The molecular weight excluding hydrogens is 529 g/mol. The Kier molecular flexibility index (Phi) is 8.60. The van der Waals surface area contributed by atoms with Crippen molar-refractivity contribution in [2.24, 2.45) is 7.05 Å². The van der Waals surface area contributed by atoms with Crippen molar-refractivity contribution in [3.63, 3.8) is 0 Å². The van der Waals surface area contributed by atoms with Gasteiger partial charge in [0.2, 0.25) is 5.82 Å². The average molecular weight is 565 g/mol. The molecule has 12 heteroatoms. The summed E-state index contributed by atoms with van der Waals surface area (Å²) in [7, 11) is 1.26. The van der Waals surface area contributed by atoms with Crippen LogP contribution in [0.25, 0.3) is 5.57 Å². The number of hydrogen-bond donors (Lipinski definition) is 0. The van der Waals surface area contributed by atoms with E-state index in [4.69, 9.17) is 14.2 Å². The van der Waals surface area contributed by atoms with Crippen LogP contribution in [0.15, 0.2) is 30.5 Å². The highest BCUT2D eigenvalue weighted by Gasteiger charge is 2.44. The number of halogens is 3. The fourth-order valence-electron chi connectivity index (χ4n) is 5.01. The number of rotatable bonds is 7. The molecule has 0 spiro atoms. The molecule has 0 atom stereocenters. The lowest BCUT2D eigenvalue weighted by molar-refractivity contribution is -0.147. The minimum absolute atomic E-state index is 0.00588. The van der Waals surface area contributed by atoms with E-state index >= 15 is 0 Å². The summed E-state index contributed by atoms with van der Waals surface area (Å²) in [5.74, 6) is -1.80. The van der Waals surface area contributed by atoms with Gasteiger partial charge in [0.05, 0.1) is 25.0 Å². The molecule has 0 N–H and O–H groups in total. The van der Waals surface area contributed by atoms with Crippen LogP contribution < -0.4 is 4.74 Å². The van der Waals surface area contributed by atoms with E-state index in [1.54, 1.807) is 52.0 Å². The number of carbonyl (C=O) groups excluding carboxylic acids is 2. The summed E-state index contributed by atoms with van der Waals surface area (Å²) in [4.78, 5) is 34.1. The minimum atomic E-state index is -4.73. The first-order valence-corrected chi connectivity index (χ1v) is 13.2. The lowest BCUT2D eigenvalue weighted by Gasteiger charge is -2.30. The van der Waals surface area contributed by atoms with Gasteiger partial charge in [-0.05, 0) is 38.1 Å². The van der Waals surface area contributed by atoms with Crippen molar-refractivity contribution in [1.29, 1.82) is 0 Å². The second kappa shape index (κ2) is 11.6. The molecule has 0 bridgehead atoms. The smallest absolute Gasteiger partial charge is 0.449 e. The molecule has 1 aromatic carbocycles. The molecular formula is C28H35F3N4O5. The number of alkyl halides is 3. The topological polar surface area (TPSA) is 86.1 Å². The molecule has 2 aromatic rings. The summed E-state index contributed by atoms with van der Waals surface area (Å²) in [5.41, 5.74) is -0.832. The van der Waals surface area contributed by atoms with Gasteiger partial charge in [-0.3, -0.25) is 9.69 Å². The van der Waals surface area contributed by atoms with Gasteiger partial charge in [-0.25, -0.2) is 9.78 Å². The average Bonchev–Trinajstić information content (AvgIpc) is 3.19. The van der Waals surface area contributed by atoms with Gasteiger partial charge in [0.25, 0.3) is 5.91 Å². The van der Waals surface area contributed by atoms with Crippen LogP contribution in [0.1, 0.15) is 55.3 Å². The maximum absolute atomic E-state index is 13.8. The predicted octanol–water partition coefficient (Wildman–Crippen LogP) is 3.88. The van der Waals surface area contributed by atoms with Crippen LogP contribution in [0, 0.1) is 0 Å². The molecule has 1 fully saturated rings. The number of nitrogens with zero attached hydrogens (tertiary/aromatic N) is 4. The number of amides is 1. The van der Waals surface area contributed by atoms with E-state index in [-0.39, 0.29) is 23.5 Å². The number of hydrogen-bond acceptors (Lipinski definition) is 7. The summed E-state index contributed by atoms with van der Waals surface area (Å²) in [6.07, 6.45) is -4.01. The van der Waals surface area contributed by atoms with Gasteiger partial charge in [-0.1, -0.05) is 13.8 Å². The minimum Gasteiger partial charge on any atom is -0.492 e. The Hall–Kier alpha value is -3.38. The van der Waals surface area contributed by atoms with Gasteiger partial charge >= 0.3 is 12.1 Å². The zero-order chi connectivity index (χ0) is 29.2. The van der Waals surface area contributed by atoms with Crippen molar-refractivity contribution in [3.05, 3.63) is 53.2 Å². The fraction of sp³-hybridized carbons (Fsp3) is 0.536. The molecule has 4 rings (SSSR count). The number of ether oxygens (including phenoxy) is 3. The quantitative estimate of drug-likeness (QED) is 0.472. The molecule has 2 aliphatic rings. The van der Waals surface area contributed by atoms with Crippen molar-refractivity contribution >= 4 is 17.4 Å². The Morgan fingerprint density at radius 3 is 2.38 bits per heavy atom. The molecule has 40 heavy (non-hydrogen) atoms. The van der Waals surface area contributed by atoms with E-state index in [0.29, 0.717) is 31.1 Å². The Balaban J connectivity index is 1.60.